The SMILES string of the molecule is O=C(CCCCBr)NCc1cccc(Br)c1. The van der Waals surface area contributed by atoms with Gasteiger partial charge in [0, 0.05) is 22.8 Å². The minimum Gasteiger partial charge on any atom is -0.352 e. The van der Waals surface area contributed by atoms with Gasteiger partial charge < -0.3 is 5.32 Å². The number of carbonyl (C=O) groups excluding carboxylic acids is 1. The normalized spacial score (nSPS) is 10.1. The molecule has 0 saturated heterocycles. The summed E-state index contributed by atoms with van der Waals surface area (Å²) in [5, 5.41) is 3.87. The third-order valence-electron chi connectivity index (χ3n) is 2.17. The predicted molar refractivity (Wildman–Crippen MR) is 73.6 cm³/mol. The fourth-order valence-electron chi connectivity index (χ4n) is 1.32. The first-order valence-electron chi connectivity index (χ1n) is 5.29. The highest BCUT2D eigenvalue weighted by Gasteiger charge is 2.00. The highest BCUT2D eigenvalue weighted by atomic mass is 79.9. The second-order valence-electron chi connectivity index (χ2n) is 3.55. The summed E-state index contributed by atoms with van der Waals surface area (Å²) in [6.07, 6.45) is 2.60. The van der Waals surface area contributed by atoms with Crippen LogP contribution in [0.1, 0.15) is 24.8 Å². The molecule has 1 aromatic carbocycles. The van der Waals surface area contributed by atoms with Crippen LogP contribution in [-0.2, 0) is 11.3 Å². The highest BCUT2D eigenvalue weighted by molar-refractivity contribution is 9.10. The van der Waals surface area contributed by atoms with E-state index in [2.05, 4.69) is 37.2 Å². The van der Waals surface area contributed by atoms with Gasteiger partial charge in [0.25, 0.3) is 0 Å². The van der Waals surface area contributed by atoms with E-state index in [0.717, 1.165) is 28.2 Å². The maximum absolute atomic E-state index is 11.4. The van der Waals surface area contributed by atoms with Crippen molar-refractivity contribution in [3.8, 4) is 0 Å². The molecule has 1 rings (SSSR count). The molecule has 16 heavy (non-hydrogen) atoms. The molecule has 0 radical (unpaired) electrons. The maximum atomic E-state index is 11.4. The summed E-state index contributed by atoms with van der Waals surface area (Å²) >= 11 is 6.75. The van der Waals surface area contributed by atoms with E-state index in [-0.39, 0.29) is 5.91 Å². The van der Waals surface area contributed by atoms with Gasteiger partial charge in [-0.1, -0.05) is 44.0 Å². The molecule has 0 aromatic heterocycles. The molecular weight excluding hydrogens is 334 g/mol. The molecule has 0 saturated carbocycles. The molecule has 1 amide bonds. The number of amides is 1. The Bertz CT molecular complexity index is 342. The van der Waals surface area contributed by atoms with Crippen LogP contribution in [0.25, 0.3) is 0 Å². The summed E-state index contributed by atoms with van der Waals surface area (Å²) in [4.78, 5) is 11.4. The number of rotatable bonds is 6. The molecule has 0 atom stereocenters. The lowest BCUT2D eigenvalue weighted by Gasteiger charge is -2.05. The van der Waals surface area contributed by atoms with E-state index in [1.54, 1.807) is 0 Å². The Balaban J connectivity index is 2.26. The zero-order valence-corrected chi connectivity index (χ0v) is 12.2. The van der Waals surface area contributed by atoms with Gasteiger partial charge in [-0.05, 0) is 30.5 Å². The number of halogens is 2. The van der Waals surface area contributed by atoms with Crippen molar-refractivity contribution in [2.24, 2.45) is 0 Å². The van der Waals surface area contributed by atoms with Crippen LogP contribution in [0.5, 0.6) is 0 Å². The Kier molecular flexibility index (Phi) is 6.73. The molecule has 0 fully saturated rings. The largest absolute Gasteiger partial charge is 0.352 e. The van der Waals surface area contributed by atoms with Crippen molar-refractivity contribution >= 4 is 37.8 Å². The average molecular weight is 349 g/mol. The molecule has 1 aromatic rings. The molecule has 88 valence electrons. The maximum Gasteiger partial charge on any atom is 0.220 e. The van der Waals surface area contributed by atoms with Crippen LogP contribution in [0.4, 0.5) is 0 Å². The van der Waals surface area contributed by atoms with Gasteiger partial charge >= 0.3 is 0 Å². The van der Waals surface area contributed by atoms with Crippen LogP contribution < -0.4 is 5.32 Å². The van der Waals surface area contributed by atoms with Crippen molar-refractivity contribution < 1.29 is 4.79 Å². The molecule has 0 aliphatic carbocycles. The standard InChI is InChI=1S/C12H15Br2NO/c13-7-2-1-6-12(16)15-9-10-4-3-5-11(14)8-10/h3-5,8H,1-2,6-7,9H2,(H,15,16). The van der Waals surface area contributed by atoms with Crippen LogP contribution in [0.2, 0.25) is 0 Å². The van der Waals surface area contributed by atoms with Gasteiger partial charge in [0.2, 0.25) is 5.91 Å². The van der Waals surface area contributed by atoms with Crippen molar-refractivity contribution in [3.63, 3.8) is 0 Å². The number of carbonyl (C=O) groups is 1. The van der Waals surface area contributed by atoms with Crippen molar-refractivity contribution in [1.29, 1.82) is 0 Å². The Morgan fingerprint density at radius 2 is 2.12 bits per heavy atom. The van der Waals surface area contributed by atoms with E-state index in [0.29, 0.717) is 13.0 Å². The predicted octanol–water partition coefficient (Wildman–Crippen LogP) is 3.63. The lowest BCUT2D eigenvalue weighted by atomic mass is 10.2. The van der Waals surface area contributed by atoms with Crippen LogP contribution in [0.15, 0.2) is 28.7 Å². The summed E-state index contributed by atoms with van der Waals surface area (Å²) in [6, 6.07) is 7.96. The number of alkyl halides is 1. The number of benzene rings is 1. The Labute approximate surface area is 113 Å². The van der Waals surface area contributed by atoms with Gasteiger partial charge in [0.1, 0.15) is 0 Å². The van der Waals surface area contributed by atoms with Crippen LogP contribution >= 0.6 is 31.9 Å². The third-order valence-corrected chi connectivity index (χ3v) is 3.22. The molecule has 0 heterocycles. The highest BCUT2D eigenvalue weighted by Crippen LogP contribution is 2.11. The summed E-state index contributed by atoms with van der Waals surface area (Å²) in [7, 11) is 0. The zero-order chi connectivity index (χ0) is 11.8. The number of unbranched alkanes of at least 4 members (excludes halogenated alkanes) is 1. The summed E-state index contributed by atoms with van der Waals surface area (Å²) in [5.74, 6) is 0.126. The first-order valence-corrected chi connectivity index (χ1v) is 7.21. The zero-order valence-electron chi connectivity index (χ0n) is 9.01. The van der Waals surface area contributed by atoms with E-state index in [1.807, 2.05) is 24.3 Å². The van der Waals surface area contributed by atoms with E-state index in [4.69, 9.17) is 0 Å². The molecule has 0 aliphatic heterocycles. The lowest BCUT2D eigenvalue weighted by molar-refractivity contribution is -0.121. The van der Waals surface area contributed by atoms with E-state index in [9.17, 15) is 4.79 Å². The molecule has 0 aliphatic rings. The summed E-state index contributed by atoms with van der Waals surface area (Å²) in [6.45, 7) is 0.604. The van der Waals surface area contributed by atoms with Crippen LogP contribution in [-0.4, -0.2) is 11.2 Å². The van der Waals surface area contributed by atoms with Crippen LogP contribution in [0.3, 0.4) is 0 Å². The molecule has 4 heteroatoms. The van der Waals surface area contributed by atoms with Gasteiger partial charge in [-0.2, -0.15) is 0 Å². The van der Waals surface area contributed by atoms with Gasteiger partial charge in [-0.25, -0.2) is 0 Å². The smallest absolute Gasteiger partial charge is 0.220 e. The second-order valence-corrected chi connectivity index (χ2v) is 5.26. The fourth-order valence-corrected chi connectivity index (χ4v) is 2.16. The Hall–Kier alpha value is -0.350. The molecule has 0 unspecified atom stereocenters. The van der Waals surface area contributed by atoms with Gasteiger partial charge in [0.05, 0.1) is 0 Å². The fraction of sp³-hybridized carbons (Fsp3) is 0.417. The number of nitrogens with one attached hydrogen (secondary N) is 1. The Morgan fingerprint density at radius 1 is 1.31 bits per heavy atom. The van der Waals surface area contributed by atoms with Gasteiger partial charge in [0.15, 0.2) is 0 Å². The van der Waals surface area contributed by atoms with Crippen LogP contribution in [0, 0.1) is 0 Å². The first-order chi connectivity index (χ1) is 7.72. The third kappa shape index (κ3) is 5.66. The minimum absolute atomic E-state index is 0.126. The number of hydrogen-bond donors (Lipinski definition) is 1. The van der Waals surface area contributed by atoms with Crippen molar-refractivity contribution in [2.75, 3.05) is 5.33 Å². The molecule has 0 spiro atoms. The van der Waals surface area contributed by atoms with E-state index < -0.39 is 0 Å². The van der Waals surface area contributed by atoms with Crippen molar-refractivity contribution in [2.45, 2.75) is 25.8 Å². The minimum atomic E-state index is 0.126. The number of hydrogen-bond acceptors (Lipinski definition) is 1. The monoisotopic (exact) mass is 347 g/mol. The average Bonchev–Trinajstić information content (AvgIpc) is 2.27. The summed E-state index contributed by atoms with van der Waals surface area (Å²) < 4.78 is 1.04. The van der Waals surface area contributed by atoms with E-state index >= 15 is 0 Å². The van der Waals surface area contributed by atoms with Crippen molar-refractivity contribution in [1.82, 2.24) is 5.32 Å². The summed E-state index contributed by atoms with van der Waals surface area (Å²) in [5.41, 5.74) is 1.11. The quantitative estimate of drug-likeness (QED) is 0.617. The molecule has 1 N–H and O–H groups in total. The van der Waals surface area contributed by atoms with E-state index in [1.165, 1.54) is 0 Å². The van der Waals surface area contributed by atoms with Gasteiger partial charge in [-0.3, -0.25) is 4.79 Å². The molecule has 0 bridgehead atoms. The molecular formula is C12H15Br2NO. The van der Waals surface area contributed by atoms with Crippen molar-refractivity contribution in [3.05, 3.63) is 34.3 Å². The lowest BCUT2D eigenvalue weighted by Crippen LogP contribution is -2.22. The van der Waals surface area contributed by atoms with Gasteiger partial charge in [-0.15, -0.1) is 0 Å². The topological polar surface area (TPSA) is 29.1 Å². The second kappa shape index (κ2) is 7.85. The molecule has 2 nitrogen and oxygen atoms in total. The Morgan fingerprint density at radius 3 is 2.81 bits per heavy atom. The first kappa shape index (κ1) is 13.7.